The highest BCUT2D eigenvalue weighted by molar-refractivity contribution is 6.44. The van der Waals surface area contributed by atoms with Gasteiger partial charge in [0.15, 0.2) is 5.79 Å². The zero-order chi connectivity index (χ0) is 11.1. The topological polar surface area (TPSA) is 18.5 Å². The van der Waals surface area contributed by atoms with E-state index in [-0.39, 0.29) is 0 Å². The molecular formula is C10H9Cl3O2. The number of ether oxygens (including phenoxy) is 2. The van der Waals surface area contributed by atoms with Crippen molar-refractivity contribution in [1.29, 1.82) is 0 Å². The Labute approximate surface area is 103 Å². The highest BCUT2D eigenvalue weighted by atomic mass is 35.5. The van der Waals surface area contributed by atoms with Crippen LogP contribution in [0.4, 0.5) is 0 Å². The molecule has 1 heterocycles. The Bertz CT molecular complexity index is 386. The molecule has 0 N–H and O–H groups in total. The Morgan fingerprint density at radius 2 is 1.60 bits per heavy atom. The molecule has 0 bridgehead atoms. The first-order valence-corrected chi connectivity index (χ1v) is 5.60. The van der Waals surface area contributed by atoms with Crippen molar-refractivity contribution in [1.82, 2.24) is 0 Å². The fourth-order valence-corrected chi connectivity index (χ4v) is 2.47. The van der Waals surface area contributed by atoms with E-state index in [0.717, 1.165) is 0 Å². The fourth-order valence-electron chi connectivity index (χ4n) is 1.60. The van der Waals surface area contributed by atoms with Crippen molar-refractivity contribution in [3.05, 3.63) is 32.8 Å². The first kappa shape index (κ1) is 11.5. The van der Waals surface area contributed by atoms with Gasteiger partial charge in [-0.3, -0.25) is 0 Å². The van der Waals surface area contributed by atoms with Gasteiger partial charge in [0.05, 0.1) is 28.3 Å². The van der Waals surface area contributed by atoms with Gasteiger partial charge >= 0.3 is 0 Å². The van der Waals surface area contributed by atoms with Crippen molar-refractivity contribution in [2.75, 3.05) is 13.2 Å². The van der Waals surface area contributed by atoms with Gasteiger partial charge in [0, 0.05) is 5.56 Å². The number of rotatable bonds is 1. The molecule has 2 nitrogen and oxygen atoms in total. The smallest absolute Gasteiger partial charge is 0.195 e. The first-order valence-electron chi connectivity index (χ1n) is 4.46. The molecular weight excluding hydrogens is 258 g/mol. The summed E-state index contributed by atoms with van der Waals surface area (Å²) >= 11 is 18.1. The lowest BCUT2D eigenvalue weighted by Gasteiger charge is -2.25. The molecule has 0 spiro atoms. The monoisotopic (exact) mass is 266 g/mol. The maximum absolute atomic E-state index is 6.09. The van der Waals surface area contributed by atoms with Crippen molar-refractivity contribution in [3.63, 3.8) is 0 Å². The number of hydrogen-bond acceptors (Lipinski definition) is 2. The lowest BCUT2D eigenvalue weighted by Crippen LogP contribution is -2.23. The van der Waals surface area contributed by atoms with Gasteiger partial charge in [-0.2, -0.15) is 0 Å². The minimum atomic E-state index is -0.890. The Kier molecular flexibility index (Phi) is 3.15. The van der Waals surface area contributed by atoms with E-state index in [1.54, 1.807) is 19.1 Å². The minimum Gasteiger partial charge on any atom is -0.344 e. The van der Waals surface area contributed by atoms with E-state index in [9.17, 15) is 0 Å². The van der Waals surface area contributed by atoms with E-state index in [1.807, 2.05) is 0 Å². The zero-order valence-corrected chi connectivity index (χ0v) is 10.3. The molecule has 0 unspecified atom stereocenters. The van der Waals surface area contributed by atoms with Crippen LogP contribution in [0.15, 0.2) is 12.1 Å². The average molecular weight is 268 g/mol. The summed E-state index contributed by atoms with van der Waals surface area (Å²) in [6.45, 7) is 2.83. The van der Waals surface area contributed by atoms with Gasteiger partial charge in [0.2, 0.25) is 0 Å². The summed E-state index contributed by atoms with van der Waals surface area (Å²) < 4.78 is 11.0. The number of benzene rings is 1. The van der Waals surface area contributed by atoms with E-state index < -0.39 is 5.79 Å². The van der Waals surface area contributed by atoms with Gasteiger partial charge in [-0.05, 0) is 19.1 Å². The van der Waals surface area contributed by atoms with Gasteiger partial charge in [-0.25, -0.2) is 0 Å². The molecule has 1 aliphatic heterocycles. The summed E-state index contributed by atoms with van der Waals surface area (Å²) in [4.78, 5) is 0. The Balaban J connectivity index is 2.55. The van der Waals surface area contributed by atoms with Crippen LogP contribution in [0, 0.1) is 0 Å². The summed E-state index contributed by atoms with van der Waals surface area (Å²) in [5.74, 6) is -0.890. The molecule has 1 fully saturated rings. The fraction of sp³-hybridized carbons (Fsp3) is 0.400. The molecule has 15 heavy (non-hydrogen) atoms. The van der Waals surface area contributed by atoms with E-state index in [2.05, 4.69) is 0 Å². The summed E-state index contributed by atoms with van der Waals surface area (Å²) in [5.41, 5.74) is 0.593. The Morgan fingerprint density at radius 3 is 2.20 bits per heavy atom. The molecule has 2 rings (SSSR count). The molecule has 1 aromatic rings. The van der Waals surface area contributed by atoms with Gasteiger partial charge in [0.1, 0.15) is 0 Å². The average Bonchev–Trinajstić information content (AvgIpc) is 2.60. The molecule has 0 aliphatic carbocycles. The zero-order valence-electron chi connectivity index (χ0n) is 8.02. The van der Waals surface area contributed by atoms with Crippen LogP contribution in [-0.4, -0.2) is 13.2 Å². The highest BCUT2D eigenvalue weighted by Crippen LogP contribution is 2.42. The number of halogens is 3. The largest absolute Gasteiger partial charge is 0.344 e. The molecule has 1 aromatic carbocycles. The molecule has 82 valence electrons. The van der Waals surface area contributed by atoms with Gasteiger partial charge in [0.25, 0.3) is 0 Å². The Morgan fingerprint density at radius 1 is 1.07 bits per heavy atom. The molecule has 0 radical (unpaired) electrons. The molecule has 0 atom stereocenters. The molecule has 1 aliphatic rings. The van der Waals surface area contributed by atoms with Crippen LogP contribution in [0.2, 0.25) is 15.1 Å². The first-order chi connectivity index (χ1) is 7.04. The van der Waals surface area contributed by atoms with Crippen molar-refractivity contribution < 1.29 is 9.47 Å². The third kappa shape index (κ3) is 1.97. The second-order valence-electron chi connectivity index (χ2n) is 3.36. The maximum atomic E-state index is 6.09. The minimum absolute atomic E-state index is 0.383. The standard InChI is InChI=1S/C10H9Cl3O2/c1-10(14-4-5-15-10)8-6(11)2-3-7(12)9(8)13/h2-3H,4-5H2,1H3. The molecule has 0 saturated carbocycles. The van der Waals surface area contributed by atoms with E-state index in [0.29, 0.717) is 33.8 Å². The maximum Gasteiger partial charge on any atom is 0.195 e. The van der Waals surface area contributed by atoms with Gasteiger partial charge < -0.3 is 9.47 Å². The quantitative estimate of drug-likeness (QED) is 0.719. The van der Waals surface area contributed by atoms with E-state index >= 15 is 0 Å². The molecule has 0 aromatic heterocycles. The Hall–Kier alpha value is 0.01000. The lowest BCUT2D eigenvalue weighted by atomic mass is 10.1. The third-order valence-electron chi connectivity index (χ3n) is 2.34. The van der Waals surface area contributed by atoms with Crippen molar-refractivity contribution in [3.8, 4) is 0 Å². The highest BCUT2D eigenvalue weighted by Gasteiger charge is 2.37. The summed E-state index contributed by atoms with van der Waals surface area (Å²) in [6.07, 6.45) is 0. The predicted molar refractivity (Wildman–Crippen MR) is 60.7 cm³/mol. The second kappa shape index (κ2) is 4.11. The van der Waals surface area contributed by atoms with E-state index in [4.69, 9.17) is 44.3 Å². The third-order valence-corrected chi connectivity index (χ3v) is 3.46. The van der Waals surface area contributed by atoms with Crippen LogP contribution in [-0.2, 0) is 15.3 Å². The summed E-state index contributed by atoms with van der Waals surface area (Å²) in [6, 6.07) is 3.33. The van der Waals surface area contributed by atoms with Crippen LogP contribution in [0.1, 0.15) is 12.5 Å². The SMILES string of the molecule is CC1(c2c(Cl)ccc(Cl)c2Cl)OCCO1. The van der Waals surface area contributed by atoms with Crippen molar-refractivity contribution in [2.24, 2.45) is 0 Å². The van der Waals surface area contributed by atoms with Crippen LogP contribution < -0.4 is 0 Å². The van der Waals surface area contributed by atoms with Crippen LogP contribution in [0.5, 0.6) is 0 Å². The summed E-state index contributed by atoms with van der Waals surface area (Å²) in [5, 5.41) is 1.32. The van der Waals surface area contributed by atoms with Gasteiger partial charge in [-0.1, -0.05) is 34.8 Å². The predicted octanol–water partition coefficient (Wildman–Crippen LogP) is 3.87. The number of hydrogen-bond donors (Lipinski definition) is 0. The van der Waals surface area contributed by atoms with E-state index in [1.165, 1.54) is 0 Å². The molecule has 0 amide bonds. The summed E-state index contributed by atoms with van der Waals surface area (Å²) in [7, 11) is 0. The van der Waals surface area contributed by atoms with Crippen molar-refractivity contribution >= 4 is 34.8 Å². The van der Waals surface area contributed by atoms with Gasteiger partial charge in [-0.15, -0.1) is 0 Å². The lowest BCUT2D eigenvalue weighted by molar-refractivity contribution is -0.149. The second-order valence-corrected chi connectivity index (χ2v) is 4.55. The van der Waals surface area contributed by atoms with Crippen LogP contribution >= 0.6 is 34.8 Å². The molecule has 5 heteroatoms. The molecule has 1 saturated heterocycles. The van der Waals surface area contributed by atoms with Crippen LogP contribution in [0.3, 0.4) is 0 Å². The normalized spacial score (nSPS) is 19.5. The van der Waals surface area contributed by atoms with Crippen molar-refractivity contribution in [2.45, 2.75) is 12.7 Å². The van der Waals surface area contributed by atoms with Crippen LogP contribution in [0.25, 0.3) is 0 Å².